The van der Waals surface area contributed by atoms with Crippen LogP contribution in [0.5, 0.6) is 0 Å². The maximum Gasteiger partial charge on any atom is 0.229 e. The van der Waals surface area contributed by atoms with Crippen molar-refractivity contribution in [3.63, 3.8) is 0 Å². The van der Waals surface area contributed by atoms with Crippen LogP contribution in [0.15, 0.2) is 30.3 Å². The van der Waals surface area contributed by atoms with Gasteiger partial charge in [-0.3, -0.25) is 9.78 Å². The van der Waals surface area contributed by atoms with Gasteiger partial charge in [0.15, 0.2) is 0 Å². The standard InChI is InChI=1S/C16H19N3O/c1-10-8-17-9-13(10)16(20)19-15-7-11(2)18-14-6-4-3-5-12(14)15/h3-7,10,13,17H,8-9H2,1-2H3,(H,18,19,20). The van der Waals surface area contributed by atoms with Crippen molar-refractivity contribution in [1.29, 1.82) is 0 Å². The molecule has 1 amide bonds. The number of pyridine rings is 1. The summed E-state index contributed by atoms with van der Waals surface area (Å²) in [5, 5.41) is 7.33. The number of amides is 1. The van der Waals surface area contributed by atoms with E-state index >= 15 is 0 Å². The SMILES string of the molecule is Cc1cc(NC(=O)C2CNCC2C)c2ccccc2n1. The minimum absolute atomic E-state index is 0.0437. The maximum absolute atomic E-state index is 12.4. The molecule has 104 valence electrons. The van der Waals surface area contributed by atoms with Crippen molar-refractivity contribution >= 4 is 22.5 Å². The van der Waals surface area contributed by atoms with Gasteiger partial charge in [-0.25, -0.2) is 0 Å². The molecule has 1 aliphatic heterocycles. The molecule has 1 aromatic heterocycles. The summed E-state index contributed by atoms with van der Waals surface area (Å²) in [5.41, 5.74) is 2.69. The minimum Gasteiger partial charge on any atom is -0.325 e. The highest BCUT2D eigenvalue weighted by atomic mass is 16.1. The molecule has 0 bridgehead atoms. The molecular formula is C16H19N3O. The smallest absolute Gasteiger partial charge is 0.229 e. The Hall–Kier alpha value is -1.94. The fourth-order valence-electron chi connectivity index (χ4n) is 2.80. The molecule has 4 nitrogen and oxygen atoms in total. The van der Waals surface area contributed by atoms with Gasteiger partial charge in [0.05, 0.1) is 17.1 Å². The molecule has 2 heterocycles. The molecule has 0 saturated carbocycles. The van der Waals surface area contributed by atoms with Crippen LogP contribution in [0.2, 0.25) is 0 Å². The van der Waals surface area contributed by atoms with E-state index in [9.17, 15) is 4.79 Å². The van der Waals surface area contributed by atoms with Gasteiger partial charge in [0, 0.05) is 17.6 Å². The van der Waals surface area contributed by atoms with Crippen LogP contribution in [0.25, 0.3) is 10.9 Å². The van der Waals surface area contributed by atoms with E-state index in [0.29, 0.717) is 5.92 Å². The van der Waals surface area contributed by atoms with Crippen LogP contribution < -0.4 is 10.6 Å². The zero-order valence-electron chi connectivity index (χ0n) is 11.8. The predicted octanol–water partition coefficient (Wildman–Crippen LogP) is 2.34. The van der Waals surface area contributed by atoms with Crippen LogP contribution in [0, 0.1) is 18.8 Å². The molecule has 1 aliphatic rings. The van der Waals surface area contributed by atoms with Gasteiger partial charge in [-0.1, -0.05) is 25.1 Å². The summed E-state index contributed by atoms with van der Waals surface area (Å²) in [6.07, 6.45) is 0. The minimum atomic E-state index is 0.0437. The van der Waals surface area contributed by atoms with E-state index in [1.165, 1.54) is 0 Å². The second-order valence-corrected chi connectivity index (χ2v) is 5.56. The first-order valence-corrected chi connectivity index (χ1v) is 7.03. The number of carbonyl (C=O) groups is 1. The monoisotopic (exact) mass is 269 g/mol. The zero-order valence-corrected chi connectivity index (χ0v) is 11.8. The summed E-state index contributed by atoms with van der Waals surface area (Å²) < 4.78 is 0. The van der Waals surface area contributed by atoms with Gasteiger partial charge in [-0.2, -0.15) is 0 Å². The molecule has 2 aromatic rings. The average molecular weight is 269 g/mol. The van der Waals surface area contributed by atoms with Crippen molar-refractivity contribution < 1.29 is 4.79 Å². The first-order valence-electron chi connectivity index (χ1n) is 7.03. The highest BCUT2D eigenvalue weighted by Gasteiger charge is 2.29. The Morgan fingerprint density at radius 3 is 2.90 bits per heavy atom. The fraction of sp³-hybridized carbons (Fsp3) is 0.375. The number of hydrogen-bond donors (Lipinski definition) is 2. The largest absolute Gasteiger partial charge is 0.325 e. The van der Waals surface area contributed by atoms with Gasteiger partial charge in [0.2, 0.25) is 5.91 Å². The van der Waals surface area contributed by atoms with Crippen molar-refractivity contribution in [1.82, 2.24) is 10.3 Å². The predicted molar refractivity (Wildman–Crippen MR) is 80.6 cm³/mol. The molecule has 20 heavy (non-hydrogen) atoms. The molecular weight excluding hydrogens is 250 g/mol. The van der Waals surface area contributed by atoms with Crippen molar-refractivity contribution in [2.75, 3.05) is 18.4 Å². The van der Waals surface area contributed by atoms with Crippen LogP contribution in [-0.2, 0) is 4.79 Å². The average Bonchev–Trinajstić information content (AvgIpc) is 2.85. The highest BCUT2D eigenvalue weighted by Crippen LogP contribution is 2.25. The topological polar surface area (TPSA) is 54.0 Å². The first-order chi connectivity index (χ1) is 9.65. The molecule has 1 saturated heterocycles. The Labute approximate surface area is 118 Å². The number of nitrogens with one attached hydrogen (secondary N) is 2. The molecule has 3 rings (SSSR count). The number of benzene rings is 1. The number of aryl methyl sites for hydroxylation is 1. The summed E-state index contributed by atoms with van der Waals surface area (Å²) in [4.78, 5) is 16.9. The third-order valence-corrected chi connectivity index (χ3v) is 3.96. The van der Waals surface area contributed by atoms with E-state index in [2.05, 4.69) is 22.5 Å². The molecule has 0 radical (unpaired) electrons. The summed E-state index contributed by atoms with van der Waals surface area (Å²) in [6.45, 7) is 5.73. The van der Waals surface area contributed by atoms with E-state index in [1.54, 1.807) is 0 Å². The quantitative estimate of drug-likeness (QED) is 0.880. The van der Waals surface area contributed by atoms with Gasteiger partial charge in [0.25, 0.3) is 0 Å². The van der Waals surface area contributed by atoms with Crippen molar-refractivity contribution in [3.05, 3.63) is 36.0 Å². The van der Waals surface area contributed by atoms with E-state index < -0.39 is 0 Å². The number of rotatable bonds is 2. The Kier molecular flexibility index (Phi) is 3.40. The third-order valence-electron chi connectivity index (χ3n) is 3.96. The molecule has 1 fully saturated rings. The number of nitrogens with zero attached hydrogens (tertiary/aromatic N) is 1. The molecule has 2 atom stereocenters. The number of anilines is 1. The molecule has 2 unspecified atom stereocenters. The van der Waals surface area contributed by atoms with Gasteiger partial charge < -0.3 is 10.6 Å². The zero-order chi connectivity index (χ0) is 14.1. The summed E-state index contributed by atoms with van der Waals surface area (Å²) in [6, 6.07) is 9.83. The Bertz CT molecular complexity index is 653. The lowest BCUT2D eigenvalue weighted by molar-refractivity contribution is -0.120. The number of hydrogen-bond acceptors (Lipinski definition) is 3. The number of aromatic nitrogens is 1. The van der Waals surface area contributed by atoms with E-state index in [4.69, 9.17) is 0 Å². The van der Waals surface area contributed by atoms with Crippen LogP contribution in [-0.4, -0.2) is 24.0 Å². The summed E-state index contributed by atoms with van der Waals surface area (Å²) >= 11 is 0. The first kappa shape index (κ1) is 13.1. The lowest BCUT2D eigenvalue weighted by Crippen LogP contribution is -2.28. The lowest BCUT2D eigenvalue weighted by atomic mass is 9.97. The Morgan fingerprint density at radius 1 is 1.35 bits per heavy atom. The van der Waals surface area contributed by atoms with Gasteiger partial charge in [0.1, 0.15) is 0 Å². The molecule has 0 spiro atoms. The second kappa shape index (κ2) is 5.21. The van der Waals surface area contributed by atoms with Gasteiger partial charge in [-0.15, -0.1) is 0 Å². The van der Waals surface area contributed by atoms with Gasteiger partial charge >= 0.3 is 0 Å². The van der Waals surface area contributed by atoms with E-state index in [-0.39, 0.29) is 11.8 Å². The third kappa shape index (κ3) is 2.39. The fourth-order valence-corrected chi connectivity index (χ4v) is 2.80. The van der Waals surface area contributed by atoms with Gasteiger partial charge in [-0.05, 0) is 31.5 Å². The number of carbonyl (C=O) groups excluding carboxylic acids is 1. The Balaban J connectivity index is 1.92. The molecule has 0 aliphatic carbocycles. The highest BCUT2D eigenvalue weighted by molar-refractivity contribution is 6.02. The molecule has 4 heteroatoms. The van der Waals surface area contributed by atoms with Crippen LogP contribution in [0.3, 0.4) is 0 Å². The summed E-state index contributed by atoms with van der Waals surface area (Å²) in [7, 11) is 0. The van der Waals surface area contributed by atoms with Crippen LogP contribution >= 0.6 is 0 Å². The van der Waals surface area contributed by atoms with Crippen molar-refractivity contribution in [2.24, 2.45) is 11.8 Å². The Morgan fingerprint density at radius 2 is 2.15 bits per heavy atom. The maximum atomic E-state index is 12.4. The number of fused-ring (bicyclic) bond motifs is 1. The van der Waals surface area contributed by atoms with Crippen molar-refractivity contribution in [2.45, 2.75) is 13.8 Å². The van der Waals surface area contributed by atoms with Crippen LogP contribution in [0.1, 0.15) is 12.6 Å². The van der Waals surface area contributed by atoms with E-state index in [0.717, 1.165) is 35.4 Å². The number of para-hydroxylation sites is 1. The second-order valence-electron chi connectivity index (χ2n) is 5.56. The lowest BCUT2D eigenvalue weighted by Gasteiger charge is -2.15. The normalized spacial score (nSPS) is 22.1. The summed E-state index contributed by atoms with van der Waals surface area (Å²) in [5.74, 6) is 0.518. The van der Waals surface area contributed by atoms with E-state index in [1.807, 2.05) is 37.3 Å². The van der Waals surface area contributed by atoms with Crippen molar-refractivity contribution in [3.8, 4) is 0 Å². The van der Waals surface area contributed by atoms with Crippen LogP contribution in [0.4, 0.5) is 5.69 Å². The molecule has 1 aromatic carbocycles. The molecule has 2 N–H and O–H groups in total.